The topological polar surface area (TPSA) is 35.6 Å². The van der Waals surface area contributed by atoms with E-state index in [0.29, 0.717) is 5.82 Å². The monoisotopic (exact) mass is 866 g/mol. The number of nitrogens with zero attached hydrogens (tertiary/aromatic N) is 4. The van der Waals surface area contributed by atoms with Gasteiger partial charge in [-0.05, 0) is 82.9 Å². The van der Waals surface area contributed by atoms with Gasteiger partial charge in [0.2, 0.25) is 0 Å². The molecule has 0 aliphatic rings. The summed E-state index contributed by atoms with van der Waals surface area (Å²) in [6.45, 7) is 0. The molecule has 0 unspecified atom stereocenters. The Hall–Kier alpha value is -9.12. The predicted octanol–water partition coefficient (Wildman–Crippen LogP) is 16.7. The van der Waals surface area contributed by atoms with E-state index in [0.717, 1.165) is 72.7 Å². The van der Waals surface area contributed by atoms with Crippen LogP contribution in [0.5, 0.6) is 0 Å². The summed E-state index contributed by atoms with van der Waals surface area (Å²) in [6, 6.07) is 91.3. The predicted molar refractivity (Wildman–Crippen MR) is 283 cm³/mol. The molecule has 4 heteroatoms. The summed E-state index contributed by atoms with van der Waals surface area (Å²) in [5.41, 5.74) is 18.3. The zero-order chi connectivity index (χ0) is 45.0. The molecule has 3 aromatic heterocycles. The van der Waals surface area contributed by atoms with Crippen molar-refractivity contribution < 1.29 is 0 Å². The lowest BCUT2D eigenvalue weighted by Crippen LogP contribution is -2.03. The van der Waals surface area contributed by atoms with E-state index in [2.05, 4.69) is 252 Å². The molecular formula is C64H42N4. The lowest BCUT2D eigenvalue weighted by atomic mass is 9.92. The van der Waals surface area contributed by atoms with Gasteiger partial charge in [0.15, 0.2) is 5.82 Å². The molecule has 0 aliphatic heterocycles. The molecule has 0 amide bonds. The van der Waals surface area contributed by atoms with E-state index in [-0.39, 0.29) is 0 Å². The maximum absolute atomic E-state index is 5.36. The molecule has 0 bridgehead atoms. The highest BCUT2D eigenvalue weighted by Gasteiger charge is 2.24. The SMILES string of the molecule is c1ccc(-c2ccc3c(c2)c2cc(-n4c5ccccc5c5ccccc54)ccc2n3-c2c(-c3ccccc3)cc(-c3nc(-c4ccccc4)cc(-c4ccccc4)n3)cc2-c2ccccc2)cc1. The van der Waals surface area contributed by atoms with Crippen molar-refractivity contribution in [2.45, 2.75) is 0 Å². The van der Waals surface area contributed by atoms with Crippen LogP contribution in [0.1, 0.15) is 0 Å². The summed E-state index contributed by atoms with van der Waals surface area (Å²) >= 11 is 0. The van der Waals surface area contributed by atoms with E-state index < -0.39 is 0 Å². The van der Waals surface area contributed by atoms with Crippen LogP contribution in [-0.2, 0) is 0 Å². The van der Waals surface area contributed by atoms with Crippen LogP contribution in [0.25, 0.3) is 122 Å². The first-order valence-corrected chi connectivity index (χ1v) is 23.2. The minimum atomic E-state index is 0.664. The molecule has 0 aliphatic carbocycles. The molecule has 68 heavy (non-hydrogen) atoms. The average molecular weight is 867 g/mol. The third-order valence-electron chi connectivity index (χ3n) is 13.3. The Balaban J connectivity index is 1.13. The Kier molecular flexibility index (Phi) is 9.47. The Morgan fingerprint density at radius 1 is 0.250 bits per heavy atom. The summed E-state index contributed by atoms with van der Waals surface area (Å²) in [7, 11) is 0. The largest absolute Gasteiger partial charge is 0.309 e. The quantitative estimate of drug-likeness (QED) is 0.153. The lowest BCUT2D eigenvalue weighted by Gasteiger charge is -2.21. The highest BCUT2D eigenvalue weighted by molar-refractivity contribution is 6.14. The lowest BCUT2D eigenvalue weighted by molar-refractivity contribution is 1.16. The van der Waals surface area contributed by atoms with Crippen LogP contribution in [0.2, 0.25) is 0 Å². The molecule has 10 aromatic carbocycles. The zero-order valence-electron chi connectivity index (χ0n) is 37.0. The Bertz CT molecular complexity index is 3820. The van der Waals surface area contributed by atoms with Crippen molar-refractivity contribution in [1.29, 1.82) is 0 Å². The van der Waals surface area contributed by atoms with Crippen LogP contribution < -0.4 is 0 Å². The number of benzene rings is 10. The summed E-state index contributed by atoms with van der Waals surface area (Å²) in [4.78, 5) is 10.7. The van der Waals surface area contributed by atoms with Crippen molar-refractivity contribution in [1.82, 2.24) is 19.1 Å². The highest BCUT2D eigenvalue weighted by Crippen LogP contribution is 2.45. The van der Waals surface area contributed by atoms with Gasteiger partial charge in [0, 0.05) is 55.0 Å². The fourth-order valence-electron chi connectivity index (χ4n) is 10.2. The maximum atomic E-state index is 5.36. The van der Waals surface area contributed by atoms with Gasteiger partial charge in [-0.25, -0.2) is 9.97 Å². The number of hydrogen-bond acceptors (Lipinski definition) is 2. The van der Waals surface area contributed by atoms with Crippen LogP contribution >= 0.6 is 0 Å². The molecule has 13 rings (SSSR count). The van der Waals surface area contributed by atoms with Gasteiger partial charge in [0.25, 0.3) is 0 Å². The number of aromatic nitrogens is 4. The second-order valence-corrected chi connectivity index (χ2v) is 17.4. The molecule has 0 fully saturated rings. The summed E-state index contributed by atoms with van der Waals surface area (Å²) in [5, 5.41) is 4.83. The molecule has 4 nitrogen and oxygen atoms in total. The molecule has 0 radical (unpaired) electrons. The van der Waals surface area contributed by atoms with Gasteiger partial charge in [-0.3, -0.25) is 0 Å². The van der Waals surface area contributed by atoms with Gasteiger partial charge in [0.05, 0.1) is 39.1 Å². The van der Waals surface area contributed by atoms with Crippen molar-refractivity contribution in [2.24, 2.45) is 0 Å². The van der Waals surface area contributed by atoms with E-state index in [9.17, 15) is 0 Å². The van der Waals surface area contributed by atoms with Crippen molar-refractivity contribution in [3.8, 4) is 78.7 Å². The van der Waals surface area contributed by atoms with E-state index in [1.165, 1.54) is 43.7 Å². The van der Waals surface area contributed by atoms with E-state index in [1.807, 2.05) is 12.1 Å². The van der Waals surface area contributed by atoms with Gasteiger partial charge in [0.1, 0.15) is 0 Å². The molecule has 3 heterocycles. The second-order valence-electron chi connectivity index (χ2n) is 17.4. The zero-order valence-corrected chi connectivity index (χ0v) is 37.0. The van der Waals surface area contributed by atoms with Gasteiger partial charge in [-0.15, -0.1) is 0 Å². The number of rotatable bonds is 8. The number of fused-ring (bicyclic) bond motifs is 6. The molecule has 0 N–H and O–H groups in total. The van der Waals surface area contributed by atoms with Gasteiger partial charge in [-0.1, -0.05) is 194 Å². The van der Waals surface area contributed by atoms with Gasteiger partial charge < -0.3 is 9.13 Å². The fraction of sp³-hybridized carbons (Fsp3) is 0. The third kappa shape index (κ3) is 6.69. The van der Waals surface area contributed by atoms with Crippen molar-refractivity contribution in [3.63, 3.8) is 0 Å². The van der Waals surface area contributed by atoms with Crippen LogP contribution in [0, 0.1) is 0 Å². The van der Waals surface area contributed by atoms with Crippen molar-refractivity contribution in [2.75, 3.05) is 0 Å². The fourth-order valence-corrected chi connectivity index (χ4v) is 10.2. The maximum Gasteiger partial charge on any atom is 0.160 e. The van der Waals surface area contributed by atoms with Crippen molar-refractivity contribution >= 4 is 43.6 Å². The number of hydrogen-bond donors (Lipinski definition) is 0. The minimum absolute atomic E-state index is 0.664. The Morgan fingerprint density at radius 2 is 0.662 bits per heavy atom. The highest BCUT2D eigenvalue weighted by atomic mass is 15.0. The Morgan fingerprint density at radius 3 is 1.18 bits per heavy atom. The molecule has 0 saturated heterocycles. The average Bonchev–Trinajstić information content (AvgIpc) is 3.93. The van der Waals surface area contributed by atoms with Gasteiger partial charge in [-0.2, -0.15) is 0 Å². The summed E-state index contributed by atoms with van der Waals surface area (Å²) < 4.78 is 4.92. The molecule has 0 saturated carbocycles. The molecule has 0 spiro atoms. The van der Waals surface area contributed by atoms with Crippen LogP contribution in [0.15, 0.2) is 255 Å². The molecule has 13 aromatic rings. The normalized spacial score (nSPS) is 11.5. The van der Waals surface area contributed by atoms with Gasteiger partial charge >= 0.3 is 0 Å². The van der Waals surface area contributed by atoms with E-state index >= 15 is 0 Å². The molecule has 0 atom stereocenters. The van der Waals surface area contributed by atoms with Crippen LogP contribution in [-0.4, -0.2) is 19.1 Å². The second kappa shape index (κ2) is 16.4. The molecular weight excluding hydrogens is 825 g/mol. The van der Waals surface area contributed by atoms with Crippen LogP contribution in [0.4, 0.5) is 0 Å². The molecule has 318 valence electrons. The summed E-state index contributed by atoms with van der Waals surface area (Å²) in [5.74, 6) is 0.664. The first-order chi connectivity index (χ1) is 33.7. The minimum Gasteiger partial charge on any atom is -0.309 e. The smallest absolute Gasteiger partial charge is 0.160 e. The standard InChI is InChI=1S/C64H42N4/c1-6-20-43(21-7-1)48-34-36-61-55(38-48)56-41-50(67-59-32-18-16-30-51(59)52-31-17-19-33-60(52)67)35-37-62(56)68(61)63-53(44-22-8-2-9-23-44)39-49(40-54(63)45-24-10-3-11-25-45)64-65-57(46-26-12-4-13-27-46)42-58(66-64)47-28-14-5-15-29-47/h1-42H. The van der Waals surface area contributed by atoms with Crippen molar-refractivity contribution in [3.05, 3.63) is 255 Å². The number of para-hydroxylation sites is 2. The Labute approximate surface area is 394 Å². The van der Waals surface area contributed by atoms with Crippen LogP contribution in [0.3, 0.4) is 0 Å². The first-order valence-electron chi connectivity index (χ1n) is 23.2. The first kappa shape index (κ1) is 39.3. The summed E-state index contributed by atoms with van der Waals surface area (Å²) in [6.07, 6.45) is 0. The third-order valence-corrected chi connectivity index (χ3v) is 13.3. The van der Waals surface area contributed by atoms with E-state index in [1.54, 1.807) is 0 Å². The van der Waals surface area contributed by atoms with E-state index in [4.69, 9.17) is 9.97 Å².